The molecule has 0 rings (SSSR count). The Morgan fingerprint density at radius 1 is 0.280 bits per heavy atom. The maximum atomic E-state index is 12.9. The highest BCUT2D eigenvalue weighted by atomic mass is 16.6. The summed E-state index contributed by atoms with van der Waals surface area (Å²) in [4.78, 5) is 38.3. The predicted octanol–water partition coefficient (Wildman–Crippen LogP) is 21.0. The van der Waals surface area contributed by atoms with Crippen LogP contribution < -0.4 is 0 Å². The van der Waals surface area contributed by atoms with Crippen LogP contribution in [0.3, 0.4) is 0 Å². The number of rotatable bonds is 54. The molecule has 1 unspecified atom stereocenters. The number of unbranched alkanes of at least 4 members (excludes halogenated alkanes) is 21. The zero-order chi connectivity index (χ0) is 54.3. The highest BCUT2D eigenvalue weighted by Gasteiger charge is 2.19. The van der Waals surface area contributed by atoms with Gasteiger partial charge in [0, 0.05) is 19.3 Å². The highest BCUT2D eigenvalue weighted by Crippen LogP contribution is 2.15. The zero-order valence-corrected chi connectivity index (χ0v) is 48.5. The third-order valence-corrected chi connectivity index (χ3v) is 12.6. The molecule has 0 aromatic rings. The summed E-state index contributed by atoms with van der Waals surface area (Å²) in [5.74, 6) is -1.02. The molecule has 0 aliphatic rings. The second-order valence-electron chi connectivity index (χ2n) is 19.8. The van der Waals surface area contributed by atoms with Crippen LogP contribution in [-0.2, 0) is 28.6 Å². The number of hydrogen-bond acceptors (Lipinski definition) is 6. The largest absolute Gasteiger partial charge is 0.462 e. The number of allylic oxidation sites excluding steroid dienone is 22. The second kappa shape index (κ2) is 62.1. The van der Waals surface area contributed by atoms with Crippen molar-refractivity contribution in [2.75, 3.05) is 13.2 Å². The van der Waals surface area contributed by atoms with Gasteiger partial charge in [0.2, 0.25) is 0 Å². The Morgan fingerprint density at radius 2 is 0.547 bits per heavy atom. The van der Waals surface area contributed by atoms with Crippen molar-refractivity contribution in [3.05, 3.63) is 134 Å². The predicted molar refractivity (Wildman–Crippen MR) is 325 cm³/mol. The molecule has 75 heavy (non-hydrogen) atoms. The van der Waals surface area contributed by atoms with Gasteiger partial charge in [0.15, 0.2) is 6.10 Å². The summed E-state index contributed by atoms with van der Waals surface area (Å²) in [6.07, 6.45) is 87.4. The minimum Gasteiger partial charge on any atom is -0.462 e. The first-order valence-corrected chi connectivity index (χ1v) is 30.7. The van der Waals surface area contributed by atoms with E-state index in [1.165, 1.54) is 103 Å². The van der Waals surface area contributed by atoms with Gasteiger partial charge in [0.25, 0.3) is 0 Å². The number of ether oxygens (including phenoxy) is 3. The number of esters is 3. The molecule has 0 aliphatic carbocycles. The van der Waals surface area contributed by atoms with Crippen molar-refractivity contribution in [3.63, 3.8) is 0 Å². The Bertz CT molecular complexity index is 1620. The summed E-state index contributed by atoms with van der Waals surface area (Å²) < 4.78 is 16.8. The van der Waals surface area contributed by atoms with Gasteiger partial charge in [0.1, 0.15) is 13.2 Å². The van der Waals surface area contributed by atoms with Crippen LogP contribution in [0.5, 0.6) is 0 Å². The van der Waals surface area contributed by atoms with E-state index in [0.29, 0.717) is 19.3 Å². The van der Waals surface area contributed by atoms with Gasteiger partial charge < -0.3 is 14.2 Å². The average molecular weight is 1040 g/mol. The van der Waals surface area contributed by atoms with Crippen LogP contribution in [0.15, 0.2) is 134 Å². The maximum absolute atomic E-state index is 12.9. The van der Waals surface area contributed by atoms with E-state index in [2.05, 4.69) is 148 Å². The lowest BCUT2D eigenvalue weighted by atomic mass is 10.1. The fourth-order valence-corrected chi connectivity index (χ4v) is 8.10. The summed E-state index contributed by atoms with van der Waals surface area (Å²) >= 11 is 0. The Kier molecular flexibility index (Phi) is 58.4. The second-order valence-corrected chi connectivity index (χ2v) is 19.8. The summed E-state index contributed by atoms with van der Waals surface area (Å²) in [7, 11) is 0. The molecule has 1 atom stereocenters. The highest BCUT2D eigenvalue weighted by molar-refractivity contribution is 5.71. The van der Waals surface area contributed by atoms with Crippen molar-refractivity contribution < 1.29 is 28.6 Å². The molecule has 0 heterocycles. The topological polar surface area (TPSA) is 78.9 Å². The zero-order valence-electron chi connectivity index (χ0n) is 48.5. The van der Waals surface area contributed by atoms with Crippen molar-refractivity contribution in [2.45, 2.75) is 271 Å². The molecule has 6 heteroatoms. The van der Waals surface area contributed by atoms with Gasteiger partial charge in [-0.3, -0.25) is 14.4 Å². The Labute approximate surface area is 462 Å². The normalized spacial score (nSPS) is 13.1. The molecule has 0 saturated carbocycles. The Morgan fingerprint density at radius 3 is 0.907 bits per heavy atom. The molecule has 424 valence electrons. The van der Waals surface area contributed by atoms with Crippen molar-refractivity contribution in [2.24, 2.45) is 0 Å². The van der Waals surface area contributed by atoms with E-state index in [9.17, 15) is 14.4 Å². The van der Waals surface area contributed by atoms with E-state index in [0.717, 1.165) is 116 Å². The van der Waals surface area contributed by atoms with Crippen molar-refractivity contribution in [3.8, 4) is 0 Å². The van der Waals surface area contributed by atoms with Crippen LogP contribution in [-0.4, -0.2) is 37.2 Å². The lowest BCUT2D eigenvalue weighted by Crippen LogP contribution is -2.30. The monoisotopic (exact) mass is 1040 g/mol. The lowest BCUT2D eigenvalue weighted by molar-refractivity contribution is -0.166. The van der Waals surface area contributed by atoms with E-state index in [1.807, 2.05) is 6.08 Å². The van der Waals surface area contributed by atoms with Gasteiger partial charge in [-0.1, -0.05) is 257 Å². The number of carbonyl (C=O) groups is 3. The van der Waals surface area contributed by atoms with Gasteiger partial charge in [-0.2, -0.15) is 0 Å². The summed E-state index contributed by atoms with van der Waals surface area (Å²) in [6, 6.07) is 0. The quantitative estimate of drug-likeness (QED) is 0.0261. The van der Waals surface area contributed by atoms with Gasteiger partial charge >= 0.3 is 17.9 Å². The van der Waals surface area contributed by atoms with E-state index >= 15 is 0 Å². The van der Waals surface area contributed by atoms with E-state index in [4.69, 9.17) is 14.2 Å². The van der Waals surface area contributed by atoms with Crippen LogP contribution in [0.2, 0.25) is 0 Å². The van der Waals surface area contributed by atoms with E-state index in [-0.39, 0.29) is 37.5 Å². The van der Waals surface area contributed by atoms with E-state index < -0.39 is 6.10 Å². The minimum atomic E-state index is -0.823. The summed E-state index contributed by atoms with van der Waals surface area (Å²) in [5, 5.41) is 0. The Hall–Kier alpha value is -4.45. The van der Waals surface area contributed by atoms with Crippen LogP contribution in [0.4, 0.5) is 0 Å². The molecule has 0 bridgehead atoms. The molecule has 0 fully saturated rings. The van der Waals surface area contributed by atoms with Gasteiger partial charge in [0.05, 0.1) is 0 Å². The molecular formula is C69H112O6. The first-order valence-electron chi connectivity index (χ1n) is 30.7. The molecule has 0 aliphatic heterocycles. The van der Waals surface area contributed by atoms with Crippen molar-refractivity contribution >= 4 is 17.9 Å². The molecule has 0 spiro atoms. The van der Waals surface area contributed by atoms with Crippen molar-refractivity contribution in [1.82, 2.24) is 0 Å². The lowest BCUT2D eigenvalue weighted by Gasteiger charge is -2.18. The average Bonchev–Trinajstić information content (AvgIpc) is 3.41. The molecule has 0 radical (unpaired) electrons. The van der Waals surface area contributed by atoms with Gasteiger partial charge in [-0.15, -0.1) is 0 Å². The number of hydrogen-bond donors (Lipinski definition) is 0. The number of carbonyl (C=O) groups excluding carboxylic acids is 3. The van der Waals surface area contributed by atoms with Crippen LogP contribution in [0, 0.1) is 0 Å². The molecular weight excluding hydrogens is 925 g/mol. The molecule has 0 amide bonds. The maximum Gasteiger partial charge on any atom is 0.306 e. The SMILES string of the molecule is CC/C=C\C/C=C\C/C=C\C/C=C\C/C=C\C/C=C\CCC(=O)OCC(COC(=O)CCCCCCCCCCC/C=C\CCCCCCCC)OC(=O)CCCCCCCC/C=C\C/C=C\C/C=C\C/C=C\CC. The fourth-order valence-electron chi connectivity index (χ4n) is 8.10. The third kappa shape index (κ3) is 60.3. The van der Waals surface area contributed by atoms with Gasteiger partial charge in [-0.25, -0.2) is 0 Å². The van der Waals surface area contributed by atoms with Crippen molar-refractivity contribution in [1.29, 1.82) is 0 Å². The van der Waals surface area contributed by atoms with Crippen LogP contribution in [0.25, 0.3) is 0 Å². The summed E-state index contributed by atoms with van der Waals surface area (Å²) in [6.45, 7) is 6.34. The van der Waals surface area contributed by atoms with Gasteiger partial charge in [-0.05, 0) is 122 Å². The van der Waals surface area contributed by atoms with E-state index in [1.54, 1.807) is 0 Å². The molecule has 0 aromatic heterocycles. The molecule has 0 aromatic carbocycles. The molecule has 0 saturated heterocycles. The van der Waals surface area contributed by atoms with Crippen LogP contribution in [0.1, 0.15) is 265 Å². The molecule has 0 N–H and O–H groups in total. The first kappa shape index (κ1) is 70.5. The minimum absolute atomic E-state index is 0.112. The molecule has 6 nitrogen and oxygen atoms in total. The fraction of sp³-hybridized carbons (Fsp3) is 0.638. The first-order chi connectivity index (χ1) is 37.0. The third-order valence-electron chi connectivity index (χ3n) is 12.6. The smallest absolute Gasteiger partial charge is 0.306 e. The Balaban J connectivity index is 4.54. The standard InChI is InChI=1S/C69H112O6/c1-4-7-10-13-16-19-22-25-28-31-34-37-40-43-46-49-52-55-58-61-67(70)73-64-66(75-69(72)63-60-57-54-51-48-45-42-39-36-33-30-27-24-21-18-15-12-9-6-3)65-74-68(71)62-59-56-53-50-47-44-41-38-35-32-29-26-23-20-17-14-11-8-5-2/h7,9-10,12,16,18-19,21,25-30,34,36-37,39,43,46,52,55,66H,4-6,8,11,13-15,17,20,22-24,31-33,35,38,40-42,44-45,47-51,53-54,56-65H2,1-3H3/b10-7-,12-9-,19-16-,21-18-,28-25-,29-26-,30-27-,37-34-,39-36-,46-43-,55-52-. The van der Waals surface area contributed by atoms with Crippen LogP contribution >= 0.6 is 0 Å². The summed E-state index contributed by atoms with van der Waals surface area (Å²) in [5.41, 5.74) is 0.